The van der Waals surface area contributed by atoms with Gasteiger partial charge in [0.1, 0.15) is 12.4 Å². The standard InChI is InChI=1S/C24H15Br2ClN2O5/c1-13-3-2-4-14(7-13)12-33-22-18(25)8-15(9-19(22)26)10-21-24(30)34-23(28-21)17-11-16(29(31)32)5-6-20(17)27/h2-11H,12H2,1H3/b21-10-. The number of hydrogen-bond acceptors (Lipinski definition) is 6. The second-order valence-corrected chi connectivity index (χ2v) is 9.46. The SMILES string of the molecule is Cc1cccc(COc2c(Br)cc(/C=C3\N=C(c4cc([N+](=O)[O-])ccc4Cl)OC3=O)cc2Br)c1. The number of aryl methyl sites for hydroxylation is 1. The average Bonchev–Trinajstić information content (AvgIpc) is 3.13. The smallest absolute Gasteiger partial charge is 0.363 e. The van der Waals surface area contributed by atoms with E-state index in [1.165, 1.54) is 18.2 Å². The van der Waals surface area contributed by atoms with Crippen molar-refractivity contribution in [3.8, 4) is 5.75 Å². The molecule has 0 amide bonds. The zero-order valence-corrected chi connectivity index (χ0v) is 21.5. The van der Waals surface area contributed by atoms with Crippen molar-refractivity contribution in [3.63, 3.8) is 0 Å². The van der Waals surface area contributed by atoms with Gasteiger partial charge in [0.25, 0.3) is 5.69 Å². The van der Waals surface area contributed by atoms with E-state index < -0.39 is 10.9 Å². The molecule has 0 fully saturated rings. The van der Waals surface area contributed by atoms with E-state index in [1.54, 1.807) is 18.2 Å². The lowest BCUT2D eigenvalue weighted by Gasteiger charge is -2.12. The van der Waals surface area contributed by atoms with Crippen LogP contribution >= 0.6 is 43.5 Å². The van der Waals surface area contributed by atoms with Gasteiger partial charge in [0.05, 0.1) is 24.5 Å². The van der Waals surface area contributed by atoms with Gasteiger partial charge in [-0.1, -0.05) is 41.4 Å². The van der Waals surface area contributed by atoms with Crippen molar-refractivity contribution in [1.82, 2.24) is 0 Å². The van der Waals surface area contributed by atoms with Crippen molar-refractivity contribution in [3.05, 3.63) is 107 Å². The van der Waals surface area contributed by atoms with E-state index in [0.717, 1.165) is 11.1 Å². The normalized spacial score (nSPS) is 14.2. The molecule has 10 heteroatoms. The van der Waals surface area contributed by atoms with Gasteiger partial charge in [-0.3, -0.25) is 10.1 Å². The summed E-state index contributed by atoms with van der Waals surface area (Å²) in [6.07, 6.45) is 1.54. The van der Waals surface area contributed by atoms with E-state index in [9.17, 15) is 14.9 Å². The highest BCUT2D eigenvalue weighted by atomic mass is 79.9. The molecule has 0 aliphatic carbocycles. The van der Waals surface area contributed by atoms with Gasteiger partial charge >= 0.3 is 5.97 Å². The molecule has 4 rings (SSSR count). The summed E-state index contributed by atoms with van der Waals surface area (Å²) in [5, 5.41) is 11.2. The maximum absolute atomic E-state index is 12.4. The number of halogens is 3. The van der Waals surface area contributed by atoms with E-state index in [4.69, 9.17) is 21.1 Å². The van der Waals surface area contributed by atoms with Crippen molar-refractivity contribution in [2.45, 2.75) is 13.5 Å². The van der Waals surface area contributed by atoms with Crippen LogP contribution in [0.2, 0.25) is 5.02 Å². The molecule has 0 bridgehead atoms. The fraction of sp³-hybridized carbons (Fsp3) is 0.0833. The number of ether oxygens (including phenoxy) is 2. The van der Waals surface area contributed by atoms with Crippen LogP contribution in [0.25, 0.3) is 6.08 Å². The second kappa shape index (κ2) is 10.1. The first-order valence-corrected chi connectivity index (χ1v) is 11.8. The summed E-state index contributed by atoms with van der Waals surface area (Å²) in [6.45, 7) is 2.41. The first-order valence-electron chi connectivity index (χ1n) is 9.85. The Morgan fingerprint density at radius 1 is 1.15 bits per heavy atom. The maximum atomic E-state index is 12.4. The van der Waals surface area contributed by atoms with Crippen LogP contribution in [-0.4, -0.2) is 16.8 Å². The molecule has 0 saturated heterocycles. The summed E-state index contributed by atoms with van der Waals surface area (Å²) in [5.41, 5.74) is 2.85. The van der Waals surface area contributed by atoms with Crippen LogP contribution in [0, 0.1) is 17.0 Å². The van der Waals surface area contributed by atoms with Gasteiger partial charge in [-0.15, -0.1) is 0 Å². The van der Waals surface area contributed by atoms with Gasteiger partial charge in [-0.2, -0.15) is 0 Å². The molecule has 1 heterocycles. The third-order valence-electron chi connectivity index (χ3n) is 4.80. The van der Waals surface area contributed by atoms with Crippen LogP contribution in [0.4, 0.5) is 5.69 Å². The lowest BCUT2D eigenvalue weighted by atomic mass is 10.1. The summed E-state index contributed by atoms with van der Waals surface area (Å²) in [6, 6.07) is 15.4. The third kappa shape index (κ3) is 5.38. The van der Waals surface area contributed by atoms with Crippen molar-refractivity contribution in [1.29, 1.82) is 0 Å². The van der Waals surface area contributed by atoms with Crippen LogP contribution in [0.1, 0.15) is 22.3 Å². The lowest BCUT2D eigenvalue weighted by molar-refractivity contribution is -0.384. The van der Waals surface area contributed by atoms with Gasteiger partial charge in [0.2, 0.25) is 5.90 Å². The van der Waals surface area contributed by atoms with Crippen LogP contribution < -0.4 is 4.74 Å². The van der Waals surface area contributed by atoms with Gasteiger partial charge in [0, 0.05) is 12.1 Å². The average molecular weight is 607 g/mol. The number of carbonyl (C=O) groups excluding carboxylic acids is 1. The van der Waals surface area contributed by atoms with Crippen LogP contribution in [0.3, 0.4) is 0 Å². The molecule has 3 aromatic carbocycles. The van der Waals surface area contributed by atoms with Gasteiger partial charge in [0.15, 0.2) is 5.70 Å². The summed E-state index contributed by atoms with van der Waals surface area (Å²) < 4.78 is 12.5. The van der Waals surface area contributed by atoms with E-state index in [0.29, 0.717) is 26.9 Å². The highest BCUT2D eigenvalue weighted by Crippen LogP contribution is 2.36. The zero-order chi connectivity index (χ0) is 24.4. The Labute approximate surface area is 216 Å². The first-order chi connectivity index (χ1) is 16.2. The quantitative estimate of drug-likeness (QED) is 0.130. The van der Waals surface area contributed by atoms with Crippen molar-refractivity contribution in [2.75, 3.05) is 0 Å². The number of benzene rings is 3. The second-order valence-electron chi connectivity index (χ2n) is 7.35. The largest absolute Gasteiger partial charge is 0.487 e. The minimum Gasteiger partial charge on any atom is -0.487 e. The van der Waals surface area contributed by atoms with Gasteiger partial charge in [-0.25, -0.2) is 9.79 Å². The molecular formula is C24H15Br2ClN2O5. The highest BCUT2D eigenvalue weighted by Gasteiger charge is 2.27. The number of nitro groups is 1. The molecule has 0 saturated carbocycles. The number of hydrogen-bond donors (Lipinski definition) is 0. The monoisotopic (exact) mass is 604 g/mol. The molecule has 0 spiro atoms. The Kier molecular flexibility index (Phi) is 7.16. The minimum absolute atomic E-state index is 0.0322. The molecule has 1 aliphatic rings. The number of nitro benzene ring substituents is 1. The fourth-order valence-corrected chi connectivity index (χ4v) is 4.88. The summed E-state index contributed by atoms with van der Waals surface area (Å²) >= 11 is 13.2. The predicted octanol–water partition coefficient (Wildman–Crippen LogP) is 7.01. The zero-order valence-electron chi connectivity index (χ0n) is 17.6. The van der Waals surface area contributed by atoms with E-state index >= 15 is 0 Å². The number of nitrogens with zero attached hydrogens (tertiary/aromatic N) is 2. The molecule has 34 heavy (non-hydrogen) atoms. The molecule has 1 aliphatic heterocycles. The lowest BCUT2D eigenvalue weighted by Crippen LogP contribution is -2.06. The van der Waals surface area contributed by atoms with Crippen LogP contribution in [-0.2, 0) is 16.1 Å². The number of esters is 1. The number of non-ortho nitro benzene ring substituents is 1. The van der Waals surface area contributed by atoms with Gasteiger partial charge < -0.3 is 9.47 Å². The Morgan fingerprint density at radius 3 is 2.56 bits per heavy atom. The molecule has 0 N–H and O–H groups in total. The first kappa shape index (κ1) is 24.1. The van der Waals surface area contributed by atoms with E-state index in [-0.39, 0.29) is 27.9 Å². The number of aliphatic imine (C=N–C) groups is 1. The van der Waals surface area contributed by atoms with Crippen LogP contribution in [0.15, 0.2) is 74.2 Å². The summed E-state index contributed by atoms with van der Waals surface area (Å²) in [5.74, 6) is -0.170. The molecule has 0 aromatic heterocycles. The maximum Gasteiger partial charge on any atom is 0.363 e. The number of carbonyl (C=O) groups is 1. The van der Waals surface area contributed by atoms with Crippen molar-refractivity contribution >= 4 is 67.1 Å². The Hall–Kier alpha value is -3.01. The number of rotatable bonds is 6. The van der Waals surface area contributed by atoms with Crippen LogP contribution in [0.5, 0.6) is 5.75 Å². The highest BCUT2D eigenvalue weighted by molar-refractivity contribution is 9.11. The molecule has 0 unspecified atom stereocenters. The predicted molar refractivity (Wildman–Crippen MR) is 136 cm³/mol. The Balaban J connectivity index is 1.59. The molecule has 7 nitrogen and oxygen atoms in total. The topological polar surface area (TPSA) is 91.0 Å². The van der Waals surface area contributed by atoms with Gasteiger partial charge in [-0.05, 0) is 74.2 Å². The fourth-order valence-electron chi connectivity index (χ4n) is 3.23. The molecule has 0 radical (unpaired) electrons. The molecule has 0 atom stereocenters. The minimum atomic E-state index is -0.690. The third-order valence-corrected chi connectivity index (χ3v) is 6.31. The van der Waals surface area contributed by atoms with E-state index in [1.807, 2.05) is 25.1 Å². The Bertz CT molecular complexity index is 1360. The summed E-state index contributed by atoms with van der Waals surface area (Å²) in [4.78, 5) is 27.1. The molecule has 172 valence electrons. The Morgan fingerprint density at radius 2 is 1.88 bits per heavy atom. The molecule has 3 aromatic rings. The van der Waals surface area contributed by atoms with E-state index in [2.05, 4.69) is 42.9 Å². The molecular weight excluding hydrogens is 592 g/mol. The van der Waals surface area contributed by atoms with Crippen molar-refractivity contribution < 1.29 is 19.2 Å². The number of cyclic esters (lactones) is 1. The summed E-state index contributed by atoms with van der Waals surface area (Å²) in [7, 11) is 0. The van der Waals surface area contributed by atoms with Crippen molar-refractivity contribution in [2.24, 2.45) is 4.99 Å².